The summed E-state index contributed by atoms with van der Waals surface area (Å²) in [4.78, 5) is 19.9. The number of carbonyl (C=O) groups is 1. The number of esters is 1. The first-order valence-corrected chi connectivity index (χ1v) is 4.29. The van der Waals surface area contributed by atoms with Gasteiger partial charge in [-0.2, -0.15) is 13.2 Å². The number of benzene rings is 1. The fraction of sp³-hybridized carbons (Fsp3) is 0.222. The van der Waals surface area contributed by atoms with Gasteiger partial charge in [0.1, 0.15) is 5.75 Å². The topological polar surface area (TPSA) is 69.4 Å². The van der Waals surface area contributed by atoms with Crippen LogP contribution in [0.1, 0.15) is 5.56 Å². The minimum Gasteiger partial charge on any atom is -0.422 e. The summed E-state index contributed by atoms with van der Waals surface area (Å²) in [5.74, 6) is -1.32. The van der Waals surface area contributed by atoms with E-state index in [2.05, 4.69) is 4.74 Å². The van der Waals surface area contributed by atoms with Crippen LogP contribution in [0.2, 0.25) is 0 Å². The van der Waals surface area contributed by atoms with E-state index in [-0.39, 0.29) is 5.75 Å². The largest absolute Gasteiger partial charge is 0.422 e. The molecule has 0 unspecified atom stereocenters. The van der Waals surface area contributed by atoms with Crippen molar-refractivity contribution in [2.24, 2.45) is 0 Å². The highest BCUT2D eigenvalue weighted by molar-refractivity contribution is 5.73. The van der Waals surface area contributed by atoms with Gasteiger partial charge in [0, 0.05) is 4.92 Å². The number of nitro groups is 1. The van der Waals surface area contributed by atoms with Crippen LogP contribution in [0.25, 0.3) is 0 Å². The van der Waals surface area contributed by atoms with Gasteiger partial charge in [0.25, 0.3) is 6.54 Å². The van der Waals surface area contributed by atoms with Crippen LogP contribution in [0, 0.1) is 10.1 Å². The van der Waals surface area contributed by atoms with Crippen molar-refractivity contribution in [1.82, 2.24) is 0 Å². The molecule has 8 heteroatoms. The minimum absolute atomic E-state index is 0.176. The number of hydrogen-bond acceptors (Lipinski definition) is 4. The van der Waals surface area contributed by atoms with Gasteiger partial charge in [0.15, 0.2) is 0 Å². The van der Waals surface area contributed by atoms with E-state index in [4.69, 9.17) is 0 Å². The molecule has 92 valence electrons. The Morgan fingerprint density at radius 1 is 1.29 bits per heavy atom. The Morgan fingerprint density at radius 3 is 2.24 bits per heavy atom. The van der Waals surface area contributed by atoms with E-state index < -0.39 is 29.2 Å². The van der Waals surface area contributed by atoms with Crippen LogP contribution in [0.4, 0.5) is 13.2 Å². The molecule has 1 aromatic rings. The van der Waals surface area contributed by atoms with E-state index in [0.29, 0.717) is 0 Å². The number of ether oxygens (including phenoxy) is 1. The maximum Gasteiger partial charge on any atom is 0.416 e. The third-order valence-electron chi connectivity index (χ3n) is 1.67. The summed E-state index contributed by atoms with van der Waals surface area (Å²) in [6.07, 6.45) is -4.48. The van der Waals surface area contributed by atoms with Gasteiger partial charge in [-0.15, -0.1) is 0 Å². The second kappa shape index (κ2) is 4.81. The Balaban J connectivity index is 2.69. The van der Waals surface area contributed by atoms with Crippen LogP contribution < -0.4 is 4.74 Å². The molecule has 17 heavy (non-hydrogen) atoms. The highest BCUT2D eigenvalue weighted by atomic mass is 19.4. The third-order valence-corrected chi connectivity index (χ3v) is 1.67. The summed E-state index contributed by atoms with van der Waals surface area (Å²) in [7, 11) is 0. The van der Waals surface area contributed by atoms with E-state index >= 15 is 0 Å². The molecule has 0 aliphatic carbocycles. The van der Waals surface area contributed by atoms with Gasteiger partial charge in [-0.1, -0.05) is 0 Å². The molecule has 0 heterocycles. The first-order chi connectivity index (χ1) is 7.79. The van der Waals surface area contributed by atoms with Gasteiger partial charge in [-0.25, -0.2) is 4.79 Å². The minimum atomic E-state index is -4.48. The molecule has 0 spiro atoms. The quantitative estimate of drug-likeness (QED) is 0.355. The normalized spacial score (nSPS) is 11.0. The SMILES string of the molecule is O=C(C[N+](=O)[O-])Oc1ccc(C(F)(F)F)cc1. The van der Waals surface area contributed by atoms with Crippen molar-refractivity contribution in [1.29, 1.82) is 0 Å². The fourth-order valence-electron chi connectivity index (χ4n) is 0.981. The Labute approximate surface area is 93.0 Å². The van der Waals surface area contributed by atoms with Crippen molar-refractivity contribution in [2.75, 3.05) is 6.54 Å². The fourth-order valence-corrected chi connectivity index (χ4v) is 0.981. The molecule has 0 saturated carbocycles. The van der Waals surface area contributed by atoms with Crippen LogP contribution in [-0.2, 0) is 11.0 Å². The average Bonchev–Trinajstić information content (AvgIpc) is 2.15. The molecule has 0 atom stereocenters. The lowest BCUT2D eigenvalue weighted by molar-refractivity contribution is -0.469. The maximum atomic E-state index is 12.2. The van der Waals surface area contributed by atoms with Crippen LogP contribution in [0.15, 0.2) is 24.3 Å². The molecule has 1 aromatic carbocycles. The molecular weight excluding hydrogens is 243 g/mol. The van der Waals surface area contributed by atoms with E-state index in [1.165, 1.54) is 0 Å². The van der Waals surface area contributed by atoms with Gasteiger partial charge in [0.2, 0.25) is 0 Å². The van der Waals surface area contributed by atoms with E-state index in [1.54, 1.807) is 0 Å². The second-order valence-electron chi connectivity index (χ2n) is 2.99. The highest BCUT2D eigenvalue weighted by Gasteiger charge is 2.30. The number of nitrogens with zero attached hydrogens (tertiary/aromatic N) is 1. The molecule has 5 nitrogen and oxygen atoms in total. The van der Waals surface area contributed by atoms with Crippen molar-refractivity contribution < 1.29 is 27.6 Å². The third kappa shape index (κ3) is 4.09. The first-order valence-electron chi connectivity index (χ1n) is 4.29. The molecule has 0 saturated heterocycles. The molecule has 0 N–H and O–H groups in total. The standard InChI is InChI=1S/C9H6F3NO4/c10-9(11,12)6-1-3-7(4-2-6)17-8(14)5-13(15)16/h1-4H,5H2. The Bertz CT molecular complexity index is 427. The maximum absolute atomic E-state index is 12.2. The summed E-state index contributed by atoms with van der Waals surface area (Å²) in [6, 6.07) is 3.27. The lowest BCUT2D eigenvalue weighted by Crippen LogP contribution is -2.19. The summed E-state index contributed by atoms with van der Waals surface area (Å²) < 4.78 is 40.9. The predicted molar refractivity (Wildman–Crippen MR) is 48.9 cm³/mol. The Morgan fingerprint density at radius 2 is 1.82 bits per heavy atom. The Kier molecular flexibility index (Phi) is 3.66. The summed E-state index contributed by atoms with van der Waals surface area (Å²) >= 11 is 0. The predicted octanol–water partition coefficient (Wildman–Crippen LogP) is 1.89. The van der Waals surface area contributed by atoms with Crippen molar-refractivity contribution >= 4 is 5.97 Å². The van der Waals surface area contributed by atoms with Crippen molar-refractivity contribution in [3.8, 4) is 5.75 Å². The smallest absolute Gasteiger partial charge is 0.416 e. The average molecular weight is 249 g/mol. The van der Waals surface area contributed by atoms with E-state index in [0.717, 1.165) is 24.3 Å². The zero-order chi connectivity index (χ0) is 13.1. The summed E-state index contributed by atoms with van der Waals surface area (Å²) in [5.41, 5.74) is -0.897. The number of halogens is 3. The number of hydrogen-bond donors (Lipinski definition) is 0. The van der Waals surface area contributed by atoms with Crippen LogP contribution in [-0.4, -0.2) is 17.4 Å². The van der Waals surface area contributed by atoms with Crippen molar-refractivity contribution in [2.45, 2.75) is 6.18 Å². The van der Waals surface area contributed by atoms with Gasteiger partial charge in [0.05, 0.1) is 5.56 Å². The van der Waals surface area contributed by atoms with Gasteiger partial charge >= 0.3 is 12.1 Å². The molecule has 0 amide bonds. The van der Waals surface area contributed by atoms with Gasteiger partial charge < -0.3 is 4.74 Å². The summed E-state index contributed by atoms with van der Waals surface area (Å²) in [5, 5.41) is 9.94. The number of carbonyl (C=O) groups excluding carboxylic acids is 1. The van der Waals surface area contributed by atoms with Crippen LogP contribution in [0.5, 0.6) is 5.75 Å². The zero-order valence-electron chi connectivity index (χ0n) is 8.23. The molecule has 0 fully saturated rings. The van der Waals surface area contributed by atoms with Gasteiger partial charge in [-0.3, -0.25) is 10.1 Å². The molecule has 0 aromatic heterocycles. The van der Waals surface area contributed by atoms with E-state index in [1.807, 2.05) is 0 Å². The molecule has 0 radical (unpaired) electrons. The second-order valence-corrected chi connectivity index (χ2v) is 2.99. The molecular formula is C9H6F3NO4. The molecule has 0 aliphatic heterocycles. The van der Waals surface area contributed by atoms with E-state index in [9.17, 15) is 28.1 Å². The van der Waals surface area contributed by atoms with Crippen molar-refractivity contribution in [3.05, 3.63) is 39.9 Å². The molecule has 1 rings (SSSR count). The Hall–Kier alpha value is -2.12. The van der Waals surface area contributed by atoms with Crippen LogP contribution >= 0.6 is 0 Å². The van der Waals surface area contributed by atoms with Crippen molar-refractivity contribution in [3.63, 3.8) is 0 Å². The lowest BCUT2D eigenvalue weighted by atomic mass is 10.2. The number of alkyl halides is 3. The van der Waals surface area contributed by atoms with Crippen LogP contribution in [0.3, 0.4) is 0 Å². The summed E-state index contributed by atoms with van der Waals surface area (Å²) in [6.45, 7) is -1.04. The molecule has 0 bridgehead atoms. The first kappa shape index (κ1) is 12.9. The highest BCUT2D eigenvalue weighted by Crippen LogP contribution is 2.30. The molecule has 0 aliphatic rings. The zero-order valence-corrected chi connectivity index (χ0v) is 8.23. The lowest BCUT2D eigenvalue weighted by Gasteiger charge is -2.07. The monoisotopic (exact) mass is 249 g/mol. The number of rotatable bonds is 3. The van der Waals surface area contributed by atoms with Gasteiger partial charge in [-0.05, 0) is 24.3 Å².